The molecule has 6 heteroatoms. The fourth-order valence-corrected chi connectivity index (χ4v) is 3.02. The number of nitrogens with one attached hydrogen (secondary N) is 1. The summed E-state index contributed by atoms with van der Waals surface area (Å²) in [5.41, 5.74) is 2.41. The number of rotatable bonds is 7. The van der Waals surface area contributed by atoms with Crippen LogP contribution < -0.4 is 4.72 Å². The molecule has 0 aliphatic heterocycles. The molecule has 0 unspecified atom stereocenters. The Morgan fingerprint density at radius 1 is 1.37 bits per heavy atom. The molecule has 5 nitrogen and oxygen atoms in total. The van der Waals surface area contributed by atoms with Crippen LogP contribution >= 0.6 is 0 Å². The van der Waals surface area contributed by atoms with E-state index in [1.165, 1.54) is 0 Å². The van der Waals surface area contributed by atoms with E-state index in [-0.39, 0.29) is 18.6 Å². The highest BCUT2D eigenvalue weighted by molar-refractivity contribution is 7.92. The van der Waals surface area contributed by atoms with Crippen molar-refractivity contribution in [1.29, 1.82) is 0 Å². The zero-order valence-electron chi connectivity index (χ0n) is 11.1. The molecule has 0 aromatic heterocycles. The third-order valence-corrected chi connectivity index (χ3v) is 4.14. The van der Waals surface area contributed by atoms with Crippen LogP contribution in [0, 0.1) is 6.92 Å². The van der Waals surface area contributed by atoms with Crippen molar-refractivity contribution in [2.24, 2.45) is 0 Å². The molecule has 1 aromatic carbocycles. The molecule has 1 aromatic rings. The van der Waals surface area contributed by atoms with Gasteiger partial charge in [-0.1, -0.05) is 25.1 Å². The van der Waals surface area contributed by atoms with Crippen LogP contribution in [-0.2, 0) is 21.2 Å². The van der Waals surface area contributed by atoms with Gasteiger partial charge in [-0.25, -0.2) is 8.42 Å². The lowest BCUT2D eigenvalue weighted by Crippen LogP contribution is -2.19. The average Bonchev–Trinajstić information content (AvgIpc) is 2.30. The number of hydrogen-bond donors (Lipinski definition) is 2. The Kier molecular flexibility index (Phi) is 5.35. The lowest BCUT2D eigenvalue weighted by molar-refractivity contribution is -0.137. The number of carboxylic acids is 1. The van der Waals surface area contributed by atoms with E-state index < -0.39 is 16.0 Å². The van der Waals surface area contributed by atoms with E-state index in [4.69, 9.17) is 5.11 Å². The van der Waals surface area contributed by atoms with Gasteiger partial charge in [0.2, 0.25) is 10.0 Å². The molecule has 1 rings (SSSR count). The first kappa shape index (κ1) is 15.5. The van der Waals surface area contributed by atoms with E-state index in [1.54, 1.807) is 0 Å². The Hall–Kier alpha value is -1.56. The summed E-state index contributed by atoms with van der Waals surface area (Å²) in [6.45, 7) is 3.80. The smallest absolute Gasteiger partial charge is 0.303 e. The summed E-state index contributed by atoms with van der Waals surface area (Å²) >= 11 is 0. The summed E-state index contributed by atoms with van der Waals surface area (Å²) in [5, 5.41) is 8.51. The third-order valence-electron chi connectivity index (χ3n) is 2.80. The van der Waals surface area contributed by atoms with Crippen molar-refractivity contribution < 1.29 is 18.3 Å². The predicted octanol–water partition coefficient (Wildman–Crippen LogP) is 2.16. The van der Waals surface area contributed by atoms with Gasteiger partial charge in [-0.2, -0.15) is 0 Å². The molecule has 0 radical (unpaired) electrons. The molecule has 0 heterocycles. The van der Waals surface area contributed by atoms with Crippen molar-refractivity contribution in [2.75, 3.05) is 10.5 Å². The van der Waals surface area contributed by atoms with E-state index in [0.29, 0.717) is 5.69 Å². The van der Waals surface area contributed by atoms with Crippen molar-refractivity contribution in [2.45, 2.75) is 33.1 Å². The lowest BCUT2D eigenvalue weighted by Gasteiger charge is -2.14. The molecule has 2 N–H and O–H groups in total. The Balaban J connectivity index is 2.81. The minimum absolute atomic E-state index is 0.109. The molecule has 0 aliphatic carbocycles. The number of hydrogen-bond acceptors (Lipinski definition) is 3. The van der Waals surface area contributed by atoms with Crippen LogP contribution in [0.25, 0.3) is 0 Å². The van der Waals surface area contributed by atoms with Crippen molar-refractivity contribution >= 4 is 21.7 Å². The molecule has 0 bridgehead atoms. The summed E-state index contributed by atoms with van der Waals surface area (Å²) in [5.74, 6) is -1.17. The molecule has 0 aliphatic rings. The van der Waals surface area contributed by atoms with E-state index in [2.05, 4.69) is 4.72 Å². The van der Waals surface area contributed by atoms with Gasteiger partial charge < -0.3 is 5.11 Å². The SMILES string of the molecule is CCc1cccc(C)c1NS(=O)(=O)CCCC(=O)O. The summed E-state index contributed by atoms with van der Waals surface area (Å²) in [6.07, 6.45) is 0.696. The fourth-order valence-electron chi connectivity index (χ4n) is 1.79. The van der Waals surface area contributed by atoms with Crippen LogP contribution in [0.4, 0.5) is 5.69 Å². The predicted molar refractivity (Wildman–Crippen MR) is 74.8 cm³/mol. The highest BCUT2D eigenvalue weighted by Crippen LogP contribution is 2.22. The Morgan fingerprint density at radius 2 is 2.05 bits per heavy atom. The molecule has 0 fully saturated rings. The van der Waals surface area contributed by atoms with Crippen LogP contribution in [0.5, 0.6) is 0 Å². The Morgan fingerprint density at radius 3 is 2.63 bits per heavy atom. The largest absolute Gasteiger partial charge is 0.481 e. The summed E-state index contributed by atoms with van der Waals surface area (Å²) in [6, 6.07) is 5.60. The first-order valence-corrected chi connectivity index (χ1v) is 7.81. The Bertz CT molecular complexity index is 552. The molecule has 0 saturated carbocycles. The molecule has 106 valence electrons. The van der Waals surface area contributed by atoms with Crippen molar-refractivity contribution in [3.63, 3.8) is 0 Å². The highest BCUT2D eigenvalue weighted by atomic mass is 32.2. The molecule has 0 atom stereocenters. The van der Waals surface area contributed by atoms with Gasteiger partial charge in [0.15, 0.2) is 0 Å². The standard InChI is InChI=1S/C13H19NO4S/c1-3-11-7-4-6-10(2)13(11)14-19(17,18)9-5-8-12(15)16/h4,6-7,14H,3,5,8-9H2,1-2H3,(H,15,16). The van der Waals surface area contributed by atoms with Gasteiger partial charge >= 0.3 is 5.97 Å². The number of anilines is 1. The third kappa shape index (κ3) is 4.90. The van der Waals surface area contributed by atoms with Crippen LogP contribution in [0.1, 0.15) is 30.9 Å². The maximum atomic E-state index is 11.9. The topological polar surface area (TPSA) is 83.5 Å². The second-order valence-electron chi connectivity index (χ2n) is 4.38. The monoisotopic (exact) mass is 285 g/mol. The number of aryl methyl sites for hydroxylation is 2. The van der Waals surface area contributed by atoms with E-state index in [1.807, 2.05) is 32.0 Å². The minimum Gasteiger partial charge on any atom is -0.481 e. The second kappa shape index (κ2) is 6.56. The van der Waals surface area contributed by atoms with Gasteiger partial charge in [-0.3, -0.25) is 9.52 Å². The zero-order chi connectivity index (χ0) is 14.5. The van der Waals surface area contributed by atoms with Gasteiger partial charge in [-0.05, 0) is 30.9 Å². The Labute approximate surface area is 113 Å². The van der Waals surface area contributed by atoms with Crippen LogP contribution in [-0.4, -0.2) is 25.2 Å². The van der Waals surface area contributed by atoms with Gasteiger partial charge in [0.25, 0.3) is 0 Å². The minimum atomic E-state index is -3.50. The van der Waals surface area contributed by atoms with Crippen LogP contribution in [0.15, 0.2) is 18.2 Å². The maximum absolute atomic E-state index is 11.9. The molecule has 0 saturated heterocycles. The van der Waals surface area contributed by atoms with E-state index >= 15 is 0 Å². The quantitative estimate of drug-likeness (QED) is 0.804. The summed E-state index contributed by atoms with van der Waals surface area (Å²) < 4.78 is 26.4. The van der Waals surface area contributed by atoms with Gasteiger partial charge in [0.1, 0.15) is 0 Å². The van der Waals surface area contributed by atoms with Gasteiger partial charge in [0, 0.05) is 6.42 Å². The molecular formula is C13H19NO4S. The normalized spacial score (nSPS) is 11.3. The first-order chi connectivity index (χ1) is 8.85. The maximum Gasteiger partial charge on any atom is 0.303 e. The highest BCUT2D eigenvalue weighted by Gasteiger charge is 2.14. The number of carbonyl (C=O) groups is 1. The van der Waals surface area contributed by atoms with Crippen LogP contribution in [0.2, 0.25) is 0 Å². The van der Waals surface area contributed by atoms with Crippen LogP contribution in [0.3, 0.4) is 0 Å². The average molecular weight is 285 g/mol. The van der Waals surface area contributed by atoms with E-state index in [9.17, 15) is 13.2 Å². The number of aliphatic carboxylic acids is 1. The number of para-hydroxylation sites is 1. The fraction of sp³-hybridized carbons (Fsp3) is 0.462. The number of sulfonamides is 1. The molecular weight excluding hydrogens is 266 g/mol. The van der Waals surface area contributed by atoms with Gasteiger partial charge in [0.05, 0.1) is 11.4 Å². The van der Waals surface area contributed by atoms with Gasteiger partial charge in [-0.15, -0.1) is 0 Å². The molecule has 19 heavy (non-hydrogen) atoms. The first-order valence-electron chi connectivity index (χ1n) is 6.16. The van der Waals surface area contributed by atoms with Crippen molar-refractivity contribution in [3.8, 4) is 0 Å². The molecule has 0 spiro atoms. The molecule has 0 amide bonds. The summed E-state index contributed by atoms with van der Waals surface area (Å²) in [7, 11) is -3.50. The number of benzene rings is 1. The zero-order valence-corrected chi connectivity index (χ0v) is 12.0. The number of carboxylic acid groups (broad SMARTS) is 1. The van der Waals surface area contributed by atoms with Crippen molar-refractivity contribution in [1.82, 2.24) is 0 Å². The summed E-state index contributed by atoms with van der Waals surface area (Å²) in [4.78, 5) is 10.4. The lowest BCUT2D eigenvalue weighted by atomic mass is 10.1. The second-order valence-corrected chi connectivity index (χ2v) is 6.22. The van der Waals surface area contributed by atoms with Crippen molar-refractivity contribution in [3.05, 3.63) is 29.3 Å². The van der Waals surface area contributed by atoms with E-state index in [0.717, 1.165) is 17.5 Å².